The topological polar surface area (TPSA) is 55.5 Å². The van der Waals surface area contributed by atoms with Crippen LogP contribution in [0.25, 0.3) is 0 Å². The van der Waals surface area contributed by atoms with Crippen molar-refractivity contribution in [1.82, 2.24) is 5.16 Å². The van der Waals surface area contributed by atoms with E-state index in [1.165, 1.54) is 5.56 Å². The molecule has 0 amide bonds. The van der Waals surface area contributed by atoms with Crippen LogP contribution in [-0.2, 0) is 13.0 Å². The average molecular weight is 245 g/mol. The number of ether oxygens (including phenoxy) is 1. The molecule has 18 heavy (non-hydrogen) atoms. The summed E-state index contributed by atoms with van der Waals surface area (Å²) in [5.41, 5.74) is 3.05. The average Bonchev–Trinajstić information content (AvgIpc) is 2.94. The molecule has 0 fully saturated rings. The van der Waals surface area contributed by atoms with E-state index >= 15 is 0 Å². The van der Waals surface area contributed by atoms with E-state index in [0.717, 1.165) is 29.8 Å². The van der Waals surface area contributed by atoms with Gasteiger partial charge in [-0.05, 0) is 43.0 Å². The van der Waals surface area contributed by atoms with Crippen molar-refractivity contribution < 1.29 is 14.4 Å². The lowest BCUT2D eigenvalue weighted by atomic mass is 10.1. The summed E-state index contributed by atoms with van der Waals surface area (Å²) in [6.07, 6.45) is 1.40. The number of hydrogen-bond acceptors (Lipinski definition) is 4. The third-order valence-corrected chi connectivity index (χ3v) is 3.22. The van der Waals surface area contributed by atoms with E-state index in [-0.39, 0.29) is 6.10 Å². The Hall–Kier alpha value is -1.81. The normalized spacial score (nSPS) is 17.8. The Morgan fingerprint density at radius 2 is 2.33 bits per heavy atom. The molecule has 1 aromatic heterocycles. The molecule has 0 aliphatic heterocycles. The number of nitrogens with zero attached hydrogens (tertiary/aromatic N) is 1. The monoisotopic (exact) mass is 245 g/mol. The van der Waals surface area contributed by atoms with Gasteiger partial charge in [0.05, 0.1) is 11.8 Å². The molecule has 0 spiro atoms. The van der Waals surface area contributed by atoms with Crippen molar-refractivity contribution in [3.63, 3.8) is 0 Å². The van der Waals surface area contributed by atoms with Gasteiger partial charge in [-0.2, -0.15) is 0 Å². The fourth-order valence-electron chi connectivity index (χ4n) is 2.30. The van der Waals surface area contributed by atoms with Gasteiger partial charge < -0.3 is 14.4 Å². The SMILES string of the molecule is Cc1cc(COc2ccc3c(c2)CCC3O)on1. The molecule has 1 N–H and O–H groups in total. The van der Waals surface area contributed by atoms with Crippen LogP contribution < -0.4 is 4.74 Å². The van der Waals surface area contributed by atoms with Crippen LogP contribution in [0.3, 0.4) is 0 Å². The molecular weight excluding hydrogens is 230 g/mol. The standard InChI is InChI=1S/C14H15NO3/c1-9-6-12(18-15-9)8-17-11-3-4-13-10(7-11)2-5-14(13)16/h3-4,6-7,14,16H,2,5,8H2,1H3. The van der Waals surface area contributed by atoms with Crippen LogP contribution >= 0.6 is 0 Å². The van der Waals surface area contributed by atoms with Crippen LogP contribution in [0.4, 0.5) is 0 Å². The Morgan fingerprint density at radius 1 is 1.44 bits per heavy atom. The first-order chi connectivity index (χ1) is 8.72. The van der Waals surface area contributed by atoms with Crippen molar-refractivity contribution in [2.24, 2.45) is 0 Å². The van der Waals surface area contributed by atoms with Crippen LogP contribution in [0, 0.1) is 6.92 Å². The summed E-state index contributed by atoms with van der Waals surface area (Å²) in [5.74, 6) is 1.52. The summed E-state index contributed by atoms with van der Waals surface area (Å²) >= 11 is 0. The lowest BCUT2D eigenvalue weighted by Gasteiger charge is -2.07. The quantitative estimate of drug-likeness (QED) is 0.902. The second-order valence-corrected chi connectivity index (χ2v) is 4.64. The van der Waals surface area contributed by atoms with Crippen LogP contribution in [-0.4, -0.2) is 10.3 Å². The number of benzene rings is 1. The highest BCUT2D eigenvalue weighted by molar-refractivity contribution is 5.39. The van der Waals surface area contributed by atoms with Gasteiger partial charge in [0.15, 0.2) is 5.76 Å². The maximum absolute atomic E-state index is 9.72. The number of aryl methyl sites for hydroxylation is 2. The van der Waals surface area contributed by atoms with Crippen LogP contribution in [0.2, 0.25) is 0 Å². The highest BCUT2D eigenvalue weighted by Gasteiger charge is 2.20. The molecule has 0 radical (unpaired) electrons. The van der Waals surface area contributed by atoms with E-state index in [1.807, 2.05) is 31.2 Å². The Labute approximate surface area is 105 Å². The molecule has 0 saturated carbocycles. The lowest BCUT2D eigenvalue weighted by molar-refractivity contribution is 0.180. The van der Waals surface area contributed by atoms with Crippen molar-refractivity contribution in [3.8, 4) is 5.75 Å². The first-order valence-electron chi connectivity index (χ1n) is 6.08. The van der Waals surface area contributed by atoms with Gasteiger partial charge in [0.25, 0.3) is 0 Å². The summed E-state index contributed by atoms with van der Waals surface area (Å²) in [5, 5.41) is 13.5. The first-order valence-corrected chi connectivity index (χ1v) is 6.08. The summed E-state index contributed by atoms with van der Waals surface area (Å²) in [6.45, 7) is 2.26. The van der Waals surface area contributed by atoms with E-state index in [0.29, 0.717) is 12.4 Å². The summed E-state index contributed by atoms with van der Waals surface area (Å²) in [4.78, 5) is 0. The summed E-state index contributed by atoms with van der Waals surface area (Å²) in [7, 11) is 0. The van der Waals surface area contributed by atoms with E-state index in [9.17, 15) is 5.11 Å². The van der Waals surface area contributed by atoms with E-state index in [1.54, 1.807) is 0 Å². The number of fused-ring (bicyclic) bond motifs is 1. The Morgan fingerprint density at radius 3 is 3.11 bits per heavy atom. The molecule has 1 aromatic carbocycles. The molecule has 1 heterocycles. The zero-order valence-corrected chi connectivity index (χ0v) is 10.2. The predicted molar refractivity (Wildman–Crippen MR) is 65.3 cm³/mol. The molecule has 94 valence electrons. The molecule has 4 nitrogen and oxygen atoms in total. The van der Waals surface area contributed by atoms with E-state index in [4.69, 9.17) is 9.26 Å². The molecule has 0 bridgehead atoms. The highest BCUT2D eigenvalue weighted by Crippen LogP contribution is 2.33. The number of hydrogen-bond donors (Lipinski definition) is 1. The van der Waals surface area contributed by atoms with Gasteiger partial charge >= 0.3 is 0 Å². The molecule has 2 aromatic rings. The summed E-state index contributed by atoms with van der Waals surface area (Å²) < 4.78 is 10.7. The number of aliphatic hydroxyl groups excluding tert-OH is 1. The number of aromatic nitrogens is 1. The minimum Gasteiger partial charge on any atom is -0.486 e. The second-order valence-electron chi connectivity index (χ2n) is 4.64. The highest BCUT2D eigenvalue weighted by atomic mass is 16.5. The fraction of sp³-hybridized carbons (Fsp3) is 0.357. The Bertz CT molecular complexity index is 562. The van der Waals surface area contributed by atoms with Crippen molar-refractivity contribution in [1.29, 1.82) is 0 Å². The first kappa shape index (κ1) is 11.3. The van der Waals surface area contributed by atoms with Gasteiger partial charge in [-0.15, -0.1) is 0 Å². The van der Waals surface area contributed by atoms with Crippen molar-refractivity contribution in [2.45, 2.75) is 32.5 Å². The lowest BCUT2D eigenvalue weighted by Crippen LogP contribution is -1.95. The van der Waals surface area contributed by atoms with Gasteiger partial charge in [-0.3, -0.25) is 0 Å². The Kier molecular flexibility index (Phi) is 2.80. The van der Waals surface area contributed by atoms with Gasteiger partial charge in [-0.25, -0.2) is 0 Å². The minimum absolute atomic E-state index is 0.314. The zero-order chi connectivity index (χ0) is 12.5. The molecule has 1 aliphatic rings. The fourth-order valence-corrected chi connectivity index (χ4v) is 2.30. The molecule has 3 rings (SSSR count). The maximum atomic E-state index is 9.72. The van der Waals surface area contributed by atoms with Crippen LogP contribution in [0.1, 0.15) is 35.1 Å². The molecule has 0 saturated heterocycles. The number of aliphatic hydroxyl groups is 1. The molecule has 4 heteroatoms. The second kappa shape index (κ2) is 4.46. The third-order valence-electron chi connectivity index (χ3n) is 3.22. The third kappa shape index (κ3) is 2.11. The van der Waals surface area contributed by atoms with Crippen LogP contribution in [0.5, 0.6) is 5.75 Å². The summed E-state index contributed by atoms with van der Waals surface area (Å²) in [6, 6.07) is 7.68. The molecule has 1 unspecified atom stereocenters. The predicted octanol–water partition coefficient (Wildman–Crippen LogP) is 2.54. The molecule has 1 atom stereocenters. The van der Waals surface area contributed by atoms with Crippen LogP contribution in [0.15, 0.2) is 28.8 Å². The minimum atomic E-state index is -0.314. The van der Waals surface area contributed by atoms with Gasteiger partial charge in [0.2, 0.25) is 0 Å². The zero-order valence-electron chi connectivity index (χ0n) is 10.2. The van der Waals surface area contributed by atoms with Crippen molar-refractivity contribution in [3.05, 3.63) is 46.8 Å². The number of rotatable bonds is 3. The largest absolute Gasteiger partial charge is 0.486 e. The molecular formula is C14H15NO3. The van der Waals surface area contributed by atoms with Crippen molar-refractivity contribution in [2.75, 3.05) is 0 Å². The van der Waals surface area contributed by atoms with Gasteiger partial charge in [0, 0.05) is 6.07 Å². The maximum Gasteiger partial charge on any atom is 0.174 e. The van der Waals surface area contributed by atoms with Crippen molar-refractivity contribution >= 4 is 0 Å². The Balaban J connectivity index is 1.70. The van der Waals surface area contributed by atoms with Gasteiger partial charge in [0.1, 0.15) is 12.4 Å². The molecule has 1 aliphatic carbocycles. The van der Waals surface area contributed by atoms with Gasteiger partial charge in [-0.1, -0.05) is 11.2 Å². The smallest absolute Gasteiger partial charge is 0.174 e. The van der Waals surface area contributed by atoms with E-state index in [2.05, 4.69) is 5.16 Å². The van der Waals surface area contributed by atoms with E-state index < -0.39 is 0 Å².